The molecule has 0 bridgehead atoms. The number of nitrogens with zero attached hydrogens (tertiary/aromatic N) is 4. The van der Waals surface area contributed by atoms with E-state index in [9.17, 15) is 0 Å². The first-order valence-corrected chi connectivity index (χ1v) is 6.76. The van der Waals surface area contributed by atoms with Crippen molar-refractivity contribution in [3.63, 3.8) is 0 Å². The van der Waals surface area contributed by atoms with Crippen molar-refractivity contribution in [2.24, 2.45) is 0 Å². The van der Waals surface area contributed by atoms with Gasteiger partial charge < -0.3 is 9.84 Å². The Balaban J connectivity index is 1.72. The maximum atomic E-state index is 5.32. The van der Waals surface area contributed by atoms with Crippen LogP contribution in [0.5, 0.6) is 0 Å². The Bertz CT molecular complexity index is 643. The monoisotopic (exact) mass is 275 g/mol. The molecule has 0 radical (unpaired) electrons. The van der Waals surface area contributed by atoms with Crippen molar-refractivity contribution in [1.82, 2.24) is 25.5 Å². The molecule has 0 spiro atoms. The van der Waals surface area contributed by atoms with Crippen molar-refractivity contribution < 1.29 is 4.52 Å². The van der Waals surface area contributed by atoms with Gasteiger partial charge in [-0.3, -0.25) is 0 Å². The van der Waals surface area contributed by atoms with Gasteiger partial charge in [0, 0.05) is 12.6 Å². The second-order valence-corrected chi connectivity index (χ2v) is 5.05. The van der Waals surface area contributed by atoms with E-state index in [4.69, 9.17) is 4.52 Å². The third-order valence-electron chi connectivity index (χ3n) is 2.59. The summed E-state index contributed by atoms with van der Waals surface area (Å²) in [6, 6.07) is 5.93. The summed E-state index contributed by atoms with van der Waals surface area (Å²) in [5.41, 5.74) is 1.74. The van der Waals surface area contributed by atoms with Crippen molar-refractivity contribution in [2.45, 2.75) is 13.1 Å². The van der Waals surface area contributed by atoms with Gasteiger partial charge in [-0.25, -0.2) is 4.68 Å². The normalized spacial score (nSPS) is 11.0. The third-order valence-corrected chi connectivity index (χ3v) is 3.48. The minimum absolute atomic E-state index is 0.561. The largest absolute Gasteiger partial charge is 0.355 e. The van der Waals surface area contributed by atoms with Crippen LogP contribution >= 0.6 is 11.3 Å². The van der Waals surface area contributed by atoms with Gasteiger partial charge in [0.25, 0.3) is 0 Å². The molecule has 6 nitrogen and oxygen atoms in total. The second kappa shape index (κ2) is 5.33. The minimum Gasteiger partial charge on any atom is -0.355 e. The van der Waals surface area contributed by atoms with Gasteiger partial charge in [-0.1, -0.05) is 16.4 Å². The first-order valence-electron chi connectivity index (χ1n) is 5.88. The summed E-state index contributed by atoms with van der Waals surface area (Å²) in [6.45, 7) is 1.27. The van der Waals surface area contributed by atoms with Crippen molar-refractivity contribution in [3.05, 3.63) is 41.2 Å². The molecule has 0 aliphatic carbocycles. The zero-order chi connectivity index (χ0) is 13.1. The molecule has 7 heteroatoms. The highest BCUT2D eigenvalue weighted by atomic mass is 32.1. The smallest absolute Gasteiger partial charge is 0.177 e. The van der Waals surface area contributed by atoms with E-state index in [1.165, 1.54) is 0 Å². The van der Waals surface area contributed by atoms with Crippen LogP contribution in [-0.4, -0.2) is 27.2 Å². The minimum atomic E-state index is 0.561. The molecule has 3 aromatic rings. The summed E-state index contributed by atoms with van der Waals surface area (Å²) in [6.07, 6.45) is 1.90. The number of thiophene rings is 1. The molecule has 1 N–H and O–H groups in total. The quantitative estimate of drug-likeness (QED) is 0.768. The lowest BCUT2D eigenvalue weighted by atomic mass is 10.3. The van der Waals surface area contributed by atoms with Gasteiger partial charge in [0.2, 0.25) is 0 Å². The van der Waals surface area contributed by atoms with E-state index in [2.05, 4.69) is 20.8 Å². The van der Waals surface area contributed by atoms with Gasteiger partial charge in [-0.15, -0.1) is 16.4 Å². The molecule has 0 aliphatic rings. The number of nitrogens with one attached hydrogen (secondary N) is 1. The Morgan fingerprint density at radius 2 is 2.37 bits per heavy atom. The third kappa shape index (κ3) is 2.72. The van der Waals surface area contributed by atoms with Crippen molar-refractivity contribution in [2.75, 3.05) is 7.05 Å². The van der Waals surface area contributed by atoms with Crippen LogP contribution in [-0.2, 0) is 13.1 Å². The highest BCUT2D eigenvalue weighted by Crippen LogP contribution is 2.25. The van der Waals surface area contributed by atoms with Crippen molar-refractivity contribution in [3.8, 4) is 10.6 Å². The van der Waals surface area contributed by atoms with Crippen LogP contribution in [0.2, 0.25) is 0 Å². The Hall–Kier alpha value is -1.99. The lowest BCUT2D eigenvalue weighted by Crippen LogP contribution is -2.05. The van der Waals surface area contributed by atoms with E-state index in [0.29, 0.717) is 13.1 Å². The van der Waals surface area contributed by atoms with E-state index >= 15 is 0 Å². The molecule has 0 saturated heterocycles. The summed E-state index contributed by atoms with van der Waals surface area (Å²) >= 11 is 1.63. The zero-order valence-electron chi connectivity index (χ0n) is 10.4. The average Bonchev–Trinajstić information content (AvgIpc) is 3.10. The van der Waals surface area contributed by atoms with E-state index in [0.717, 1.165) is 22.0 Å². The van der Waals surface area contributed by atoms with E-state index < -0.39 is 0 Å². The first kappa shape index (κ1) is 12.1. The predicted octanol–water partition coefficient (Wildman–Crippen LogP) is 1.76. The fourth-order valence-corrected chi connectivity index (χ4v) is 2.44. The van der Waals surface area contributed by atoms with Gasteiger partial charge >= 0.3 is 0 Å². The average molecular weight is 275 g/mol. The van der Waals surface area contributed by atoms with Gasteiger partial charge in [-0.05, 0) is 18.5 Å². The molecule has 0 aromatic carbocycles. The molecule has 0 atom stereocenters. The van der Waals surface area contributed by atoms with Crippen molar-refractivity contribution >= 4 is 11.3 Å². The zero-order valence-corrected chi connectivity index (χ0v) is 11.2. The molecular weight excluding hydrogens is 262 g/mol. The second-order valence-electron chi connectivity index (χ2n) is 4.10. The van der Waals surface area contributed by atoms with E-state index in [1.807, 2.05) is 36.8 Å². The molecule has 3 aromatic heterocycles. The van der Waals surface area contributed by atoms with Gasteiger partial charge in [-0.2, -0.15) is 0 Å². The van der Waals surface area contributed by atoms with Crippen LogP contribution in [0, 0.1) is 0 Å². The molecule has 0 fully saturated rings. The van der Waals surface area contributed by atoms with E-state index in [1.54, 1.807) is 16.0 Å². The van der Waals surface area contributed by atoms with Crippen LogP contribution in [0.1, 0.15) is 11.4 Å². The fraction of sp³-hybridized carbons (Fsp3) is 0.250. The molecule has 3 heterocycles. The summed E-state index contributed by atoms with van der Waals surface area (Å²) in [4.78, 5) is 1.08. The lowest BCUT2D eigenvalue weighted by Gasteiger charge is -1.93. The highest BCUT2D eigenvalue weighted by molar-refractivity contribution is 7.13. The number of hydrogen-bond donors (Lipinski definition) is 1. The van der Waals surface area contributed by atoms with Crippen LogP contribution in [0.25, 0.3) is 10.6 Å². The van der Waals surface area contributed by atoms with Crippen LogP contribution in [0.15, 0.2) is 34.3 Å². The molecular formula is C12H13N5OS. The molecule has 19 heavy (non-hydrogen) atoms. The van der Waals surface area contributed by atoms with E-state index in [-0.39, 0.29) is 0 Å². The Morgan fingerprint density at radius 1 is 1.42 bits per heavy atom. The lowest BCUT2D eigenvalue weighted by molar-refractivity contribution is 0.419. The molecule has 0 unspecified atom stereocenters. The molecule has 3 rings (SSSR count). The highest BCUT2D eigenvalue weighted by Gasteiger charge is 2.09. The van der Waals surface area contributed by atoms with Crippen LogP contribution in [0.3, 0.4) is 0 Å². The predicted molar refractivity (Wildman–Crippen MR) is 71.7 cm³/mol. The summed E-state index contributed by atoms with van der Waals surface area (Å²) in [7, 11) is 1.88. The summed E-state index contributed by atoms with van der Waals surface area (Å²) in [5, 5.41) is 17.2. The fourth-order valence-electron chi connectivity index (χ4n) is 1.77. The number of hydrogen-bond acceptors (Lipinski definition) is 6. The first-order chi connectivity index (χ1) is 9.35. The maximum Gasteiger partial charge on any atom is 0.177 e. The summed E-state index contributed by atoms with van der Waals surface area (Å²) in [5.74, 6) is 0.792. The molecule has 0 aliphatic heterocycles. The van der Waals surface area contributed by atoms with Gasteiger partial charge in [0.15, 0.2) is 5.76 Å². The van der Waals surface area contributed by atoms with Crippen LogP contribution in [0.4, 0.5) is 0 Å². The SMILES string of the molecule is CNCc1cn(Cc2cc(-c3cccs3)on2)nn1. The number of aromatic nitrogens is 4. The van der Waals surface area contributed by atoms with Crippen LogP contribution < -0.4 is 5.32 Å². The molecule has 98 valence electrons. The summed E-state index contributed by atoms with van der Waals surface area (Å²) < 4.78 is 7.07. The molecule has 0 saturated carbocycles. The Labute approximate surface area is 114 Å². The Morgan fingerprint density at radius 3 is 3.16 bits per heavy atom. The maximum absolute atomic E-state index is 5.32. The Kier molecular flexibility index (Phi) is 3.39. The molecule has 0 amide bonds. The van der Waals surface area contributed by atoms with Crippen molar-refractivity contribution in [1.29, 1.82) is 0 Å². The number of rotatable bonds is 5. The standard InChI is InChI=1S/C12H13N5OS/c1-13-6-10-8-17(16-14-10)7-9-5-11(18-15-9)12-3-2-4-19-12/h2-5,8,13H,6-7H2,1H3. The topological polar surface area (TPSA) is 68.8 Å². The van der Waals surface area contributed by atoms with Gasteiger partial charge in [0.1, 0.15) is 5.69 Å². The van der Waals surface area contributed by atoms with Gasteiger partial charge in [0.05, 0.1) is 23.3 Å².